The topological polar surface area (TPSA) is 66.8 Å². The summed E-state index contributed by atoms with van der Waals surface area (Å²) in [5, 5.41) is 10.0. The lowest BCUT2D eigenvalue weighted by Gasteiger charge is -2.39. The predicted molar refractivity (Wildman–Crippen MR) is 80.9 cm³/mol. The van der Waals surface area contributed by atoms with Gasteiger partial charge in [-0.25, -0.2) is 8.42 Å². The minimum atomic E-state index is -3.68. The van der Waals surface area contributed by atoms with Crippen LogP contribution < -0.4 is 0 Å². The first-order valence-corrected chi connectivity index (χ1v) is 8.71. The van der Waals surface area contributed by atoms with Crippen LogP contribution in [0.25, 0.3) is 0 Å². The molecule has 7 heteroatoms. The largest absolute Gasteiger partial charge is 0.395 e. The first kappa shape index (κ1) is 16.7. The summed E-state index contributed by atoms with van der Waals surface area (Å²) in [4.78, 5) is 0.188. The third-order valence-electron chi connectivity index (χ3n) is 3.75. The summed E-state index contributed by atoms with van der Waals surface area (Å²) in [7, 11) is -2.13. The first-order valence-electron chi connectivity index (χ1n) is 6.89. The zero-order valence-electron chi connectivity index (χ0n) is 11.9. The van der Waals surface area contributed by atoms with Crippen LogP contribution in [0.2, 0.25) is 5.02 Å². The van der Waals surface area contributed by atoms with E-state index in [0.29, 0.717) is 18.1 Å². The fourth-order valence-corrected chi connectivity index (χ4v) is 4.76. The Morgan fingerprint density at radius 1 is 1.29 bits per heavy atom. The van der Waals surface area contributed by atoms with E-state index in [0.717, 1.165) is 12.8 Å². The summed E-state index contributed by atoms with van der Waals surface area (Å²) in [5.74, 6) is 0. The molecule has 1 aliphatic heterocycles. The number of benzene rings is 1. The third kappa shape index (κ3) is 3.57. The molecule has 1 heterocycles. The summed E-state index contributed by atoms with van der Waals surface area (Å²) in [5.41, 5.74) is 0. The molecule has 2 atom stereocenters. The minimum absolute atomic E-state index is 0.187. The van der Waals surface area contributed by atoms with E-state index < -0.39 is 16.1 Å². The molecule has 1 saturated heterocycles. The molecule has 0 unspecified atom stereocenters. The number of sulfonamides is 1. The van der Waals surface area contributed by atoms with Crippen molar-refractivity contribution in [3.8, 4) is 0 Å². The fraction of sp³-hybridized carbons (Fsp3) is 0.571. The van der Waals surface area contributed by atoms with Gasteiger partial charge in [-0.15, -0.1) is 0 Å². The molecule has 0 spiro atoms. The number of hydrogen-bond acceptors (Lipinski definition) is 4. The Morgan fingerprint density at radius 2 is 1.90 bits per heavy atom. The molecule has 0 radical (unpaired) electrons. The number of piperidine rings is 1. The normalized spacial score (nSPS) is 24.1. The molecule has 5 nitrogen and oxygen atoms in total. The lowest BCUT2D eigenvalue weighted by atomic mass is 9.99. The van der Waals surface area contributed by atoms with Gasteiger partial charge >= 0.3 is 0 Å². The molecule has 0 aliphatic carbocycles. The summed E-state index contributed by atoms with van der Waals surface area (Å²) in [6.45, 7) is 0.135. The number of methoxy groups -OCH3 is 1. The van der Waals surface area contributed by atoms with Gasteiger partial charge in [-0.2, -0.15) is 4.31 Å². The Labute approximate surface area is 130 Å². The van der Waals surface area contributed by atoms with Gasteiger partial charge in [-0.1, -0.05) is 18.0 Å². The molecule has 1 N–H and O–H groups in total. The highest BCUT2D eigenvalue weighted by Gasteiger charge is 2.39. The molecule has 0 bridgehead atoms. The standard InChI is InChI=1S/C14H20ClNO4S/c1-20-10-13-4-2-3-12(9-17)16(13)21(18,19)14-7-5-11(15)6-8-14/h5-8,12-13,17H,2-4,9-10H2,1H3/t12-,13+/m0/s1. The van der Waals surface area contributed by atoms with Crippen molar-refractivity contribution >= 4 is 21.6 Å². The Morgan fingerprint density at radius 3 is 2.48 bits per heavy atom. The average molecular weight is 334 g/mol. The molecule has 118 valence electrons. The molecule has 21 heavy (non-hydrogen) atoms. The molecule has 0 aromatic heterocycles. The van der Waals surface area contributed by atoms with Crippen LogP contribution in [0.4, 0.5) is 0 Å². The lowest BCUT2D eigenvalue weighted by Crippen LogP contribution is -2.53. The van der Waals surface area contributed by atoms with Gasteiger partial charge in [0.25, 0.3) is 0 Å². The third-order valence-corrected chi connectivity index (χ3v) is 6.02. The van der Waals surface area contributed by atoms with Crippen molar-refractivity contribution in [2.24, 2.45) is 0 Å². The van der Waals surface area contributed by atoms with E-state index in [9.17, 15) is 13.5 Å². The van der Waals surface area contributed by atoms with E-state index >= 15 is 0 Å². The summed E-state index contributed by atoms with van der Waals surface area (Å²) in [6, 6.07) is 5.44. The van der Waals surface area contributed by atoms with Crippen LogP contribution in [0.3, 0.4) is 0 Å². The van der Waals surface area contributed by atoms with Crippen molar-refractivity contribution in [2.75, 3.05) is 20.3 Å². The van der Waals surface area contributed by atoms with E-state index in [4.69, 9.17) is 16.3 Å². The second kappa shape index (κ2) is 7.07. The molecule has 0 amide bonds. The van der Waals surface area contributed by atoms with Crippen molar-refractivity contribution in [3.05, 3.63) is 29.3 Å². The van der Waals surface area contributed by atoms with Gasteiger partial charge in [0.2, 0.25) is 10.0 Å². The number of aliphatic hydroxyl groups excluding tert-OH is 1. The molecular formula is C14H20ClNO4S. The maximum atomic E-state index is 12.9. The molecule has 1 aromatic rings. The van der Waals surface area contributed by atoms with Crippen molar-refractivity contribution in [1.29, 1.82) is 0 Å². The van der Waals surface area contributed by atoms with E-state index in [1.165, 1.54) is 16.4 Å². The number of halogens is 1. The van der Waals surface area contributed by atoms with Crippen molar-refractivity contribution in [3.63, 3.8) is 0 Å². The van der Waals surface area contributed by atoms with Crippen molar-refractivity contribution in [1.82, 2.24) is 4.31 Å². The summed E-state index contributed by atoms with van der Waals surface area (Å²) in [6.07, 6.45) is 2.27. The van der Waals surface area contributed by atoms with E-state index in [-0.39, 0.29) is 17.5 Å². The van der Waals surface area contributed by atoms with Gasteiger partial charge in [0.15, 0.2) is 0 Å². The van der Waals surface area contributed by atoms with Crippen LogP contribution >= 0.6 is 11.6 Å². The Bertz CT molecular complexity index is 559. The Kier molecular flexibility index (Phi) is 5.62. The molecular weight excluding hydrogens is 314 g/mol. The molecule has 1 aliphatic rings. The maximum absolute atomic E-state index is 12.9. The van der Waals surface area contributed by atoms with Gasteiger partial charge in [0.1, 0.15) is 0 Å². The second-order valence-corrected chi connectivity index (χ2v) is 7.44. The number of nitrogens with zero attached hydrogens (tertiary/aromatic N) is 1. The van der Waals surface area contributed by atoms with Crippen LogP contribution in [0.5, 0.6) is 0 Å². The number of rotatable bonds is 5. The van der Waals surface area contributed by atoms with Crippen LogP contribution in [-0.2, 0) is 14.8 Å². The minimum Gasteiger partial charge on any atom is -0.395 e. The van der Waals surface area contributed by atoms with Crippen molar-refractivity contribution in [2.45, 2.75) is 36.2 Å². The van der Waals surface area contributed by atoms with E-state index in [2.05, 4.69) is 0 Å². The number of aliphatic hydroxyl groups is 1. The van der Waals surface area contributed by atoms with Crippen LogP contribution in [0.1, 0.15) is 19.3 Å². The van der Waals surface area contributed by atoms with E-state index in [1.54, 1.807) is 19.2 Å². The lowest BCUT2D eigenvalue weighted by molar-refractivity contribution is 0.0626. The van der Waals surface area contributed by atoms with Crippen LogP contribution in [-0.4, -0.2) is 50.2 Å². The van der Waals surface area contributed by atoms with Gasteiger partial charge in [-0.05, 0) is 37.1 Å². The molecule has 1 aromatic carbocycles. The van der Waals surface area contributed by atoms with Gasteiger partial charge in [0.05, 0.1) is 18.1 Å². The zero-order valence-corrected chi connectivity index (χ0v) is 13.5. The quantitative estimate of drug-likeness (QED) is 0.893. The van der Waals surface area contributed by atoms with Gasteiger partial charge < -0.3 is 9.84 Å². The maximum Gasteiger partial charge on any atom is 0.243 e. The summed E-state index contributed by atoms with van der Waals surface area (Å²) < 4.78 is 32.3. The highest BCUT2D eigenvalue weighted by molar-refractivity contribution is 7.89. The predicted octanol–water partition coefficient (Wildman–Crippen LogP) is 1.89. The molecule has 1 fully saturated rings. The van der Waals surface area contributed by atoms with E-state index in [1.807, 2.05) is 0 Å². The number of hydrogen-bond donors (Lipinski definition) is 1. The van der Waals surface area contributed by atoms with Crippen molar-refractivity contribution < 1.29 is 18.3 Å². The monoisotopic (exact) mass is 333 g/mol. The average Bonchev–Trinajstić information content (AvgIpc) is 2.47. The molecule has 0 saturated carbocycles. The Balaban J connectivity index is 2.38. The second-order valence-electron chi connectivity index (χ2n) is 5.17. The molecule has 2 rings (SSSR count). The Hall–Kier alpha value is -0.660. The fourth-order valence-electron chi connectivity index (χ4n) is 2.78. The smallest absolute Gasteiger partial charge is 0.243 e. The highest BCUT2D eigenvalue weighted by Crippen LogP contribution is 2.30. The summed E-state index contributed by atoms with van der Waals surface area (Å²) >= 11 is 5.81. The highest BCUT2D eigenvalue weighted by atomic mass is 35.5. The van der Waals surface area contributed by atoms with Crippen LogP contribution in [0.15, 0.2) is 29.2 Å². The zero-order chi connectivity index (χ0) is 15.5. The SMILES string of the molecule is COC[C@H]1CCC[C@@H](CO)N1S(=O)(=O)c1ccc(Cl)cc1. The van der Waals surface area contributed by atoms with Gasteiger partial charge in [0, 0.05) is 24.2 Å². The first-order chi connectivity index (χ1) is 10.0. The van der Waals surface area contributed by atoms with Gasteiger partial charge in [-0.3, -0.25) is 0 Å². The van der Waals surface area contributed by atoms with Crippen LogP contribution in [0, 0.1) is 0 Å². The number of ether oxygens (including phenoxy) is 1.